The maximum absolute atomic E-state index is 12.0. The first-order chi connectivity index (χ1) is 9.46. The van der Waals surface area contributed by atoms with Crippen molar-refractivity contribution in [1.29, 1.82) is 0 Å². The van der Waals surface area contributed by atoms with Crippen molar-refractivity contribution < 1.29 is 32.2 Å². The fourth-order valence-electron chi connectivity index (χ4n) is 1.81. The lowest BCUT2D eigenvalue weighted by Crippen LogP contribution is -2.41. The Labute approximate surface area is 120 Å². The highest BCUT2D eigenvalue weighted by molar-refractivity contribution is 5.82. The van der Waals surface area contributed by atoms with Crippen LogP contribution in [0.2, 0.25) is 0 Å². The van der Waals surface area contributed by atoms with E-state index in [1.54, 1.807) is 20.8 Å². The second kappa shape index (κ2) is 6.50. The van der Waals surface area contributed by atoms with E-state index in [1.165, 1.54) is 4.90 Å². The Balaban J connectivity index is 2.33. The van der Waals surface area contributed by atoms with E-state index in [9.17, 15) is 22.8 Å². The summed E-state index contributed by atoms with van der Waals surface area (Å²) in [5.41, 5.74) is -0.688. The van der Waals surface area contributed by atoms with E-state index in [0.717, 1.165) is 0 Å². The topological polar surface area (TPSA) is 67.9 Å². The SMILES string of the molecule is CC(C)(C)OC(=O)NCC(=O)N1CCC(OC(F)(F)F)C1. The van der Waals surface area contributed by atoms with Crippen molar-refractivity contribution >= 4 is 12.0 Å². The summed E-state index contributed by atoms with van der Waals surface area (Å²) in [5.74, 6) is -0.478. The molecule has 1 heterocycles. The summed E-state index contributed by atoms with van der Waals surface area (Å²) in [6, 6.07) is 0. The molecule has 9 heteroatoms. The van der Waals surface area contributed by atoms with Gasteiger partial charge in [-0.15, -0.1) is 13.2 Å². The van der Waals surface area contributed by atoms with Crippen LogP contribution in [0, 0.1) is 0 Å². The molecule has 1 N–H and O–H groups in total. The standard InChI is InChI=1S/C12H19F3N2O4/c1-11(2,3)21-10(19)16-6-9(18)17-5-4-8(7-17)20-12(13,14)15/h8H,4-7H2,1-3H3,(H,16,19). The monoisotopic (exact) mass is 312 g/mol. The number of likely N-dealkylation sites (tertiary alicyclic amines) is 1. The lowest BCUT2D eigenvalue weighted by atomic mass is 10.2. The lowest BCUT2D eigenvalue weighted by molar-refractivity contribution is -0.340. The van der Waals surface area contributed by atoms with Crippen molar-refractivity contribution in [3.8, 4) is 0 Å². The van der Waals surface area contributed by atoms with Gasteiger partial charge in [0.1, 0.15) is 12.1 Å². The fraction of sp³-hybridized carbons (Fsp3) is 0.833. The predicted molar refractivity (Wildman–Crippen MR) is 66.4 cm³/mol. The third-order valence-electron chi connectivity index (χ3n) is 2.58. The summed E-state index contributed by atoms with van der Waals surface area (Å²) in [6.45, 7) is 4.72. The van der Waals surface area contributed by atoms with Crippen molar-refractivity contribution in [2.24, 2.45) is 0 Å². The molecule has 0 aromatic heterocycles. The summed E-state index contributed by atoms with van der Waals surface area (Å²) >= 11 is 0. The van der Waals surface area contributed by atoms with Crippen LogP contribution in [0.1, 0.15) is 27.2 Å². The summed E-state index contributed by atoms with van der Waals surface area (Å²) < 4.78 is 45.0. The third-order valence-corrected chi connectivity index (χ3v) is 2.58. The predicted octanol–water partition coefficient (Wildman–Crippen LogP) is 1.65. The van der Waals surface area contributed by atoms with E-state index in [-0.39, 0.29) is 26.1 Å². The van der Waals surface area contributed by atoms with Crippen LogP contribution in [0.25, 0.3) is 0 Å². The number of nitrogens with one attached hydrogen (secondary N) is 1. The highest BCUT2D eigenvalue weighted by Crippen LogP contribution is 2.23. The number of nitrogens with zero attached hydrogens (tertiary/aromatic N) is 1. The summed E-state index contributed by atoms with van der Waals surface area (Å²) in [7, 11) is 0. The molecule has 1 unspecified atom stereocenters. The Morgan fingerprint density at radius 1 is 1.29 bits per heavy atom. The second-order valence-corrected chi connectivity index (χ2v) is 5.67. The molecule has 2 amide bonds. The van der Waals surface area contributed by atoms with Crippen LogP contribution in [-0.2, 0) is 14.3 Å². The number of hydrogen-bond donors (Lipinski definition) is 1. The minimum atomic E-state index is -4.71. The van der Waals surface area contributed by atoms with Crippen molar-refractivity contribution in [1.82, 2.24) is 10.2 Å². The van der Waals surface area contributed by atoms with Gasteiger partial charge in [0, 0.05) is 13.1 Å². The molecule has 0 bridgehead atoms. The molecule has 21 heavy (non-hydrogen) atoms. The van der Waals surface area contributed by atoms with Gasteiger partial charge in [-0.25, -0.2) is 4.79 Å². The molecule has 0 aromatic carbocycles. The Morgan fingerprint density at radius 2 is 1.90 bits per heavy atom. The largest absolute Gasteiger partial charge is 0.522 e. The molecule has 1 aliphatic rings. The van der Waals surface area contributed by atoms with Crippen LogP contribution in [0.15, 0.2) is 0 Å². The van der Waals surface area contributed by atoms with Crippen LogP contribution >= 0.6 is 0 Å². The van der Waals surface area contributed by atoms with E-state index in [1.807, 2.05) is 0 Å². The van der Waals surface area contributed by atoms with Crippen LogP contribution in [0.5, 0.6) is 0 Å². The minimum absolute atomic E-state index is 0.109. The molecule has 0 spiro atoms. The number of rotatable bonds is 3. The zero-order chi connectivity index (χ0) is 16.3. The first-order valence-electron chi connectivity index (χ1n) is 6.45. The van der Waals surface area contributed by atoms with E-state index in [2.05, 4.69) is 10.1 Å². The number of alkyl halides is 3. The first kappa shape index (κ1) is 17.5. The van der Waals surface area contributed by atoms with E-state index in [4.69, 9.17) is 4.74 Å². The maximum atomic E-state index is 12.0. The van der Waals surface area contributed by atoms with E-state index >= 15 is 0 Å². The van der Waals surface area contributed by atoms with Gasteiger partial charge >= 0.3 is 12.5 Å². The molecule has 6 nitrogen and oxygen atoms in total. The highest BCUT2D eigenvalue weighted by Gasteiger charge is 2.37. The van der Waals surface area contributed by atoms with Crippen LogP contribution in [-0.4, -0.2) is 54.6 Å². The van der Waals surface area contributed by atoms with Gasteiger partial charge < -0.3 is 15.0 Å². The number of amides is 2. The Hall–Kier alpha value is -1.51. The van der Waals surface area contributed by atoms with E-state index < -0.39 is 30.1 Å². The van der Waals surface area contributed by atoms with Gasteiger partial charge in [-0.05, 0) is 27.2 Å². The molecule has 1 saturated heterocycles. The molecular weight excluding hydrogens is 293 g/mol. The summed E-state index contributed by atoms with van der Waals surface area (Å²) in [5, 5.41) is 2.26. The Morgan fingerprint density at radius 3 is 2.43 bits per heavy atom. The van der Waals surface area contributed by atoms with Crippen LogP contribution in [0.3, 0.4) is 0 Å². The van der Waals surface area contributed by atoms with Gasteiger partial charge in [-0.3, -0.25) is 9.53 Å². The summed E-state index contributed by atoms with van der Waals surface area (Å²) in [6.07, 6.45) is -6.41. The minimum Gasteiger partial charge on any atom is -0.444 e. The number of carbonyl (C=O) groups is 2. The summed E-state index contributed by atoms with van der Waals surface area (Å²) in [4.78, 5) is 24.3. The number of ether oxygens (including phenoxy) is 2. The van der Waals surface area contributed by atoms with Gasteiger partial charge in [0.15, 0.2) is 0 Å². The Kier molecular flexibility index (Phi) is 5.43. The zero-order valence-electron chi connectivity index (χ0n) is 12.1. The van der Waals surface area contributed by atoms with Crippen molar-refractivity contribution in [2.75, 3.05) is 19.6 Å². The van der Waals surface area contributed by atoms with Crippen molar-refractivity contribution in [3.63, 3.8) is 0 Å². The molecule has 0 aliphatic carbocycles. The molecule has 1 fully saturated rings. The zero-order valence-corrected chi connectivity index (χ0v) is 12.1. The average Bonchev–Trinajstić information content (AvgIpc) is 2.69. The molecule has 1 rings (SSSR count). The quantitative estimate of drug-likeness (QED) is 0.860. The lowest BCUT2D eigenvalue weighted by Gasteiger charge is -2.21. The molecule has 0 aromatic rings. The molecule has 1 atom stereocenters. The van der Waals surface area contributed by atoms with Crippen LogP contribution < -0.4 is 5.32 Å². The third kappa shape index (κ3) is 7.16. The molecule has 122 valence electrons. The number of halogens is 3. The highest BCUT2D eigenvalue weighted by atomic mass is 19.4. The van der Waals surface area contributed by atoms with Crippen molar-refractivity contribution in [3.05, 3.63) is 0 Å². The van der Waals surface area contributed by atoms with Gasteiger partial charge in [0.05, 0.1) is 6.10 Å². The Bertz CT molecular complexity index is 393. The van der Waals surface area contributed by atoms with Gasteiger partial charge in [-0.1, -0.05) is 0 Å². The van der Waals surface area contributed by atoms with Gasteiger partial charge in [0.2, 0.25) is 5.91 Å². The first-order valence-corrected chi connectivity index (χ1v) is 6.45. The van der Waals surface area contributed by atoms with Crippen LogP contribution in [0.4, 0.5) is 18.0 Å². The molecular formula is C12H19F3N2O4. The number of alkyl carbamates (subject to hydrolysis) is 1. The fourth-order valence-corrected chi connectivity index (χ4v) is 1.81. The molecule has 0 radical (unpaired) electrons. The van der Waals surface area contributed by atoms with Gasteiger partial charge in [-0.2, -0.15) is 0 Å². The maximum Gasteiger partial charge on any atom is 0.522 e. The molecule has 1 aliphatic heterocycles. The van der Waals surface area contributed by atoms with Gasteiger partial charge in [0.25, 0.3) is 0 Å². The number of carbonyl (C=O) groups excluding carboxylic acids is 2. The average molecular weight is 312 g/mol. The van der Waals surface area contributed by atoms with Crippen molar-refractivity contribution in [2.45, 2.75) is 45.3 Å². The normalized spacial score (nSPS) is 19.5. The smallest absolute Gasteiger partial charge is 0.444 e. The number of hydrogen-bond acceptors (Lipinski definition) is 4. The second-order valence-electron chi connectivity index (χ2n) is 5.67. The van der Waals surface area contributed by atoms with E-state index in [0.29, 0.717) is 0 Å². The molecule has 0 saturated carbocycles.